The average Bonchev–Trinajstić information content (AvgIpc) is 2.44. The second-order valence-electron chi connectivity index (χ2n) is 4.82. The first kappa shape index (κ1) is 16.3. The second-order valence-corrected chi connectivity index (χ2v) is 6.40. The Hall–Kier alpha value is -1.03. The molecule has 1 fully saturated rings. The molecule has 0 unspecified atom stereocenters. The maximum atomic E-state index is 12.2. The van der Waals surface area contributed by atoms with Crippen molar-refractivity contribution in [2.75, 3.05) is 13.7 Å². The van der Waals surface area contributed by atoms with Crippen molar-refractivity contribution in [2.24, 2.45) is 0 Å². The predicted octanol–water partition coefficient (Wildman–Crippen LogP) is -0.207. The standard InChI is InChI=1S/C13H18O7S/c1-8-3-5-9(6-4-8)21(16,17)20-12-11(15)10(14)7-19-13(12)18-2/h3-6,10-15H,7H2,1-2H3/t10-,11+,12-,13-/m1/s1. The summed E-state index contributed by atoms with van der Waals surface area (Å²) >= 11 is 0. The molecule has 2 rings (SSSR count). The van der Waals surface area contributed by atoms with Gasteiger partial charge < -0.3 is 19.7 Å². The Bertz CT molecular complexity index is 567. The van der Waals surface area contributed by atoms with Crippen molar-refractivity contribution in [3.63, 3.8) is 0 Å². The van der Waals surface area contributed by atoms with Crippen molar-refractivity contribution < 1.29 is 32.3 Å². The molecule has 118 valence electrons. The maximum absolute atomic E-state index is 12.2. The van der Waals surface area contributed by atoms with Gasteiger partial charge in [-0.1, -0.05) is 17.7 Å². The van der Waals surface area contributed by atoms with E-state index in [2.05, 4.69) is 0 Å². The minimum absolute atomic E-state index is 0.0461. The molecule has 1 aromatic rings. The molecule has 1 aliphatic heterocycles. The summed E-state index contributed by atoms with van der Waals surface area (Å²) in [5.41, 5.74) is 0.903. The topological polar surface area (TPSA) is 102 Å². The molecular formula is C13H18O7S. The molecule has 7 nitrogen and oxygen atoms in total. The van der Waals surface area contributed by atoms with Crippen LogP contribution in [0.2, 0.25) is 0 Å². The molecule has 0 aliphatic carbocycles. The van der Waals surface area contributed by atoms with Crippen molar-refractivity contribution in [3.05, 3.63) is 29.8 Å². The fourth-order valence-electron chi connectivity index (χ4n) is 1.98. The first-order valence-electron chi connectivity index (χ1n) is 6.35. The molecule has 1 heterocycles. The molecule has 0 aromatic heterocycles. The van der Waals surface area contributed by atoms with Crippen LogP contribution < -0.4 is 0 Å². The van der Waals surface area contributed by atoms with Crippen molar-refractivity contribution in [3.8, 4) is 0 Å². The number of hydrogen-bond donors (Lipinski definition) is 2. The number of rotatable bonds is 4. The van der Waals surface area contributed by atoms with Gasteiger partial charge in [-0.2, -0.15) is 8.42 Å². The molecule has 4 atom stereocenters. The minimum Gasteiger partial charge on any atom is -0.388 e. The lowest BCUT2D eigenvalue weighted by Crippen LogP contribution is -2.55. The van der Waals surface area contributed by atoms with Gasteiger partial charge in [0.15, 0.2) is 12.4 Å². The molecule has 1 saturated heterocycles. The van der Waals surface area contributed by atoms with Gasteiger partial charge in [0.05, 0.1) is 11.5 Å². The number of methoxy groups -OCH3 is 1. The van der Waals surface area contributed by atoms with E-state index in [0.29, 0.717) is 0 Å². The summed E-state index contributed by atoms with van der Waals surface area (Å²) in [6.45, 7) is 1.66. The van der Waals surface area contributed by atoms with Crippen molar-refractivity contribution in [2.45, 2.75) is 36.4 Å². The summed E-state index contributed by atoms with van der Waals surface area (Å²) in [4.78, 5) is -0.0461. The molecule has 8 heteroatoms. The first-order valence-corrected chi connectivity index (χ1v) is 7.76. The molecule has 0 radical (unpaired) electrons. The summed E-state index contributed by atoms with van der Waals surface area (Å²) < 4.78 is 39.4. The van der Waals surface area contributed by atoms with Crippen LogP contribution in [0, 0.1) is 6.92 Å². The Balaban J connectivity index is 2.22. The third-order valence-electron chi connectivity index (χ3n) is 3.21. The third-order valence-corrected chi connectivity index (χ3v) is 4.54. The molecule has 1 aromatic carbocycles. The van der Waals surface area contributed by atoms with Gasteiger partial charge in [0, 0.05) is 7.11 Å². The third kappa shape index (κ3) is 3.60. The van der Waals surface area contributed by atoms with Crippen molar-refractivity contribution >= 4 is 10.1 Å². The molecule has 2 N–H and O–H groups in total. The van der Waals surface area contributed by atoms with Crippen LogP contribution in [0.5, 0.6) is 0 Å². The fourth-order valence-corrected chi connectivity index (χ4v) is 3.06. The van der Waals surface area contributed by atoms with Crippen molar-refractivity contribution in [1.29, 1.82) is 0 Å². The van der Waals surface area contributed by atoms with Crippen LogP contribution in [0.4, 0.5) is 0 Å². The van der Waals surface area contributed by atoms with Gasteiger partial charge in [-0.15, -0.1) is 0 Å². The van der Waals surface area contributed by atoms with Crippen LogP contribution in [0.1, 0.15) is 5.56 Å². The Morgan fingerprint density at radius 2 is 1.86 bits per heavy atom. The van der Waals surface area contributed by atoms with E-state index in [1.807, 2.05) is 6.92 Å². The zero-order valence-electron chi connectivity index (χ0n) is 11.7. The molecule has 0 amide bonds. The van der Waals surface area contributed by atoms with Gasteiger partial charge in [0.25, 0.3) is 10.1 Å². The van der Waals surface area contributed by atoms with Crippen LogP contribution in [0.3, 0.4) is 0 Å². The van der Waals surface area contributed by atoms with Gasteiger partial charge in [0.2, 0.25) is 0 Å². The highest BCUT2D eigenvalue weighted by Crippen LogP contribution is 2.24. The van der Waals surface area contributed by atoms with Gasteiger partial charge in [0.1, 0.15) is 12.2 Å². The number of aryl methyl sites for hydroxylation is 1. The highest BCUT2D eigenvalue weighted by Gasteiger charge is 2.43. The number of aliphatic hydroxyl groups excluding tert-OH is 2. The van der Waals surface area contributed by atoms with E-state index in [-0.39, 0.29) is 11.5 Å². The van der Waals surface area contributed by atoms with Gasteiger partial charge in [-0.3, -0.25) is 4.18 Å². The smallest absolute Gasteiger partial charge is 0.297 e. The highest BCUT2D eigenvalue weighted by atomic mass is 32.2. The Labute approximate surface area is 123 Å². The van der Waals surface area contributed by atoms with Crippen LogP contribution in [0.25, 0.3) is 0 Å². The van der Waals surface area contributed by atoms with E-state index in [9.17, 15) is 18.6 Å². The quantitative estimate of drug-likeness (QED) is 0.741. The van der Waals surface area contributed by atoms with Crippen LogP contribution in [-0.4, -0.2) is 56.9 Å². The van der Waals surface area contributed by atoms with Crippen LogP contribution >= 0.6 is 0 Å². The normalized spacial score (nSPS) is 30.3. The predicted molar refractivity (Wildman–Crippen MR) is 72.0 cm³/mol. The number of aliphatic hydroxyl groups is 2. The van der Waals surface area contributed by atoms with E-state index in [4.69, 9.17) is 13.7 Å². The van der Waals surface area contributed by atoms with Gasteiger partial charge in [-0.05, 0) is 19.1 Å². The van der Waals surface area contributed by atoms with Gasteiger partial charge in [-0.25, -0.2) is 0 Å². The molecule has 21 heavy (non-hydrogen) atoms. The van der Waals surface area contributed by atoms with E-state index in [0.717, 1.165) is 5.56 Å². The van der Waals surface area contributed by atoms with Crippen LogP contribution in [0.15, 0.2) is 29.2 Å². The molecule has 0 bridgehead atoms. The molecule has 1 aliphatic rings. The maximum Gasteiger partial charge on any atom is 0.297 e. The highest BCUT2D eigenvalue weighted by molar-refractivity contribution is 7.86. The minimum atomic E-state index is -4.11. The average molecular weight is 318 g/mol. The zero-order valence-corrected chi connectivity index (χ0v) is 12.5. The van der Waals surface area contributed by atoms with Gasteiger partial charge >= 0.3 is 0 Å². The van der Waals surface area contributed by atoms with E-state index < -0.39 is 34.7 Å². The SMILES string of the molecule is CO[C@@H]1OC[C@@H](O)[C@H](O)[C@H]1OS(=O)(=O)c1ccc(C)cc1. The molecular weight excluding hydrogens is 300 g/mol. The fraction of sp³-hybridized carbons (Fsp3) is 0.538. The number of hydrogen-bond acceptors (Lipinski definition) is 7. The second kappa shape index (κ2) is 6.39. The van der Waals surface area contributed by atoms with E-state index >= 15 is 0 Å². The largest absolute Gasteiger partial charge is 0.388 e. The zero-order chi connectivity index (χ0) is 15.6. The van der Waals surface area contributed by atoms with Crippen molar-refractivity contribution in [1.82, 2.24) is 0 Å². The molecule has 0 spiro atoms. The summed E-state index contributed by atoms with van der Waals surface area (Å²) in [5.74, 6) is 0. The summed E-state index contributed by atoms with van der Waals surface area (Å²) in [6, 6.07) is 6.07. The summed E-state index contributed by atoms with van der Waals surface area (Å²) in [7, 11) is -2.81. The Morgan fingerprint density at radius 1 is 1.24 bits per heavy atom. The van der Waals surface area contributed by atoms with Crippen LogP contribution in [-0.2, 0) is 23.8 Å². The summed E-state index contributed by atoms with van der Waals surface area (Å²) in [6.07, 6.45) is -5.09. The number of ether oxygens (including phenoxy) is 2. The monoisotopic (exact) mass is 318 g/mol. The lowest BCUT2D eigenvalue weighted by atomic mass is 10.1. The lowest BCUT2D eigenvalue weighted by Gasteiger charge is -2.36. The van der Waals surface area contributed by atoms with E-state index in [1.54, 1.807) is 12.1 Å². The number of benzene rings is 1. The first-order chi connectivity index (χ1) is 9.85. The Kier molecular flexibility index (Phi) is 4.97. The van der Waals surface area contributed by atoms with E-state index in [1.165, 1.54) is 19.2 Å². The summed E-state index contributed by atoms with van der Waals surface area (Å²) in [5, 5.41) is 19.5. The Morgan fingerprint density at radius 3 is 2.43 bits per heavy atom. The molecule has 0 saturated carbocycles. The lowest BCUT2D eigenvalue weighted by molar-refractivity contribution is -0.254.